The number of halogens is 1. The summed E-state index contributed by atoms with van der Waals surface area (Å²) in [6.45, 7) is 2.86. The van der Waals surface area contributed by atoms with Crippen LogP contribution >= 0.6 is 15.9 Å². The first-order valence-electron chi connectivity index (χ1n) is 6.66. The first-order valence-corrected chi connectivity index (χ1v) is 7.45. The second kappa shape index (κ2) is 6.39. The van der Waals surface area contributed by atoms with Gasteiger partial charge in [0.25, 0.3) is 0 Å². The Morgan fingerprint density at radius 3 is 2.58 bits per heavy atom. The lowest BCUT2D eigenvalue weighted by Gasteiger charge is -2.34. The quantitative estimate of drug-likeness (QED) is 0.890. The summed E-state index contributed by atoms with van der Waals surface area (Å²) in [5.41, 5.74) is 12.6. The molecule has 1 aliphatic heterocycles. The Bertz CT molecular complexity index is 456. The Hall–Kier alpha value is -1.07. The van der Waals surface area contributed by atoms with Crippen LogP contribution in [0.1, 0.15) is 29.6 Å². The van der Waals surface area contributed by atoms with Crippen molar-refractivity contribution in [3.8, 4) is 0 Å². The van der Waals surface area contributed by atoms with Crippen molar-refractivity contribution < 1.29 is 4.79 Å². The third kappa shape index (κ3) is 3.48. The van der Waals surface area contributed by atoms with Gasteiger partial charge < -0.3 is 16.4 Å². The molecule has 1 saturated heterocycles. The van der Waals surface area contributed by atoms with Crippen LogP contribution in [0.3, 0.4) is 0 Å². The monoisotopic (exact) mass is 325 g/mol. The molecule has 0 bridgehead atoms. The van der Waals surface area contributed by atoms with Crippen LogP contribution in [0.25, 0.3) is 0 Å². The van der Waals surface area contributed by atoms with Crippen molar-refractivity contribution in [2.75, 3.05) is 24.5 Å². The molecule has 1 amide bonds. The van der Waals surface area contributed by atoms with Gasteiger partial charge in [-0.25, -0.2) is 0 Å². The van der Waals surface area contributed by atoms with E-state index in [4.69, 9.17) is 11.5 Å². The largest absolute Gasteiger partial charge is 0.371 e. The van der Waals surface area contributed by atoms with Crippen LogP contribution < -0.4 is 16.4 Å². The fourth-order valence-corrected chi connectivity index (χ4v) is 3.24. The van der Waals surface area contributed by atoms with Crippen molar-refractivity contribution in [1.29, 1.82) is 0 Å². The molecule has 1 aliphatic rings. The Kier molecular flexibility index (Phi) is 4.82. The van der Waals surface area contributed by atoms with Crippen LogP contribution in [-0.4, -0.2) is 25.5 Å². The van der Waals surface area contributed by atoms with Gasteiger partial charge in [-0.05, 0) is 65.9 Å². The zero-order valence-electron chi connectivity index (χ0n) is 10.9. The van der Waals surface area contributed by atoms with Crippen molar-refractivity contribution in [1.82, 2.24) is 0 Å². The highest BCUT2D eigenvalue weighted by Gasteiger charge is 2.20. The van der Waals surface area contributed by atoms with E-state index in [0.29, 0.717) is 5.56 Å². The molecule has 1 heterocycles. The number of nitrogens with two attached hydrogens (primary N) is 2. The van der Waals surface area contributed by atoms with Gasteiger partial charge in [0.2, 0.25) is 5.91 Å². The lowest BCUT2D eigenvalue weighted by Crippen LogP contribution is -2.34. The lowest BCUT2D eigenvalue weighted by molar-refractivity contribution is 0.100. The molecule has 0 spiro atoms. The molecule has 5 heteroatoms. The van der Waals surface area contributed by atoms with Gasteiger partial charge in [0.15, 0.2) is 0 Å². The van der Waals surface area contributed by atoms with Gasteiger partial charge in [-0.3, -0.25) is 4.79 Å². The van der Waals surface area contributed by atoms with E-state index in [0.717, 1.165) is 42.1 Å². The van der Waals surface area contributed by atoms with Crippen molar-refractivity contribution in [3.05, 3.63) is 28.2 Å². The molecule has 1 aromatic rings. The minimum atomic E-state index is -0.395. The Morgan fingerprint density at radius 2 is 2.05 bits per heavy atom. The van der Waals surface area contributed by atoms with E-state index >= 15 is 0 Å². The minimum absolute atomic E-state index is 0.395. The number of carbonyl (C=O) groups is 1. The molecular weight excluding hydrogens is 306 g/mol. The van der Waals surface area contributed by atoms with E-state index in [1.807, 2.05) is 6.07 Å². The number of primary amides is 1. The standard InChI is InChI=1S/C14H20BrN3O/c15-12-9-11(14(17)19)1-2-13(12)18-7-4-10(3-6-16)5-8-18/h1-2,9-10H,3-8,16H2,(H2,17,19). The number of amides is 1. The highest BCUT2D eigenvalue weighted by Crippen LogP contribution is 2.31. The zero-order chi connectivity index (χ0) is 13.8. The number of rotatable bonds is 4. The first kappa shape index (κ1) is 14.3. The molecule has 0 radical (unpaired) electrons. The van der Waals surface area contributed by atoms with Crippen LogP contribution in [0.15, 0.2) is 22.7 Å². The van der Waals surface area contributed by atoms with E-state index in [1.165, 1.54) is 12.8 Å². The van der Waals surface area contributed by atoms with Gasteiger partial charge in [0.05, 0.1) is 5.69 Å². The summed E-state index contributed by atoms with van der Waals surface area (Å²) < 4.78 is 0.932. The third-order valence-corrected chi connectivity index (χ3v) is 4.40. The Balaban J connectivity index is 2.05. The average molecular weight is 326 g/mol. The van der Waals surface area contributed by atoms with E-state index in [9.17, 15) is 4.79 Å². The number of piperidine rings is 1. The van der Waals surface area contributed by atoms with Gasteiger partial charge in [0, 0.05) is 23.1 Å². The third-order valence-electron chi connectivity index (χ3n) is 3.76. The number of carbonyl (C=O) groups excluding carboxylic acids is 1. The molecule has 19 heavy (non-hydrogen) atoms. The molecule has 4 N–H and O–H groups in total. The summed E-state index contributed by atoms with van der Waals surface area (Å²) in [4.78, 5) is 13.5. The predicted octanol–water partition coefficient (Wildman–Crippen LogP) is 2.11. The molecule has 1 fully saturated rings. The minimum Gasteiger partial charge on any atom is -0.371 e. The summed E-state index contributed by atoms with van der Waals surface area (Å²) in [5.74, 6) is 0.360. The van der Waals surface area contributed by atoms with Gasteiger partial charge in [-0.2, -0.15) is 0 Å². The topological polar surface area (TPSA) is 72.3 Å². The summed E-state index contributed by atoms with van der Waals surface area (Å²) in [6, 6.07) is 5.55. The molecular formula is C14H20BrN3O. The Labute approximate surface area is 122 Å². The fraction of sp³-hybridized carbons (Fsp3) is 0.500. The number of nitrogens with zero attached hydrogens (tertiary/aromatic N) is 1. The maximum absolute atomic E-state index is 11.1. The van der Waals surface area contributed by atoms with Gasteiger partial charge in [0.1, 0.15) is 0 Å². The zero-order valence-corrected chi connectivity index (χ0v) is 12.5. The Morgan fingerprint density at radius 1 is 1.37 bits per heavy atom. The van der Waals surface area contributed by atoms with Crippen molar-refractivity contribution >= 4 is 27.5 Å². The molecule has 0 aromatic heterocycles. The number of hydrogen-bond donors (Lipinski definition) is 2. The van der Waals surface area contributed by atoms with Crippen LogP contribution in [-0.2, 0) is 0 Å². The normalized spacial score (nSPS) is 16.6. The summed E-state index contributed by atoms with van der Waals surface area (Å²) in [6.07, 6.45) is 3.48. The average Bonchev–Trinajstić information content (AvgIpc) is 2.40. The predicted molar refractivity (Wildman–Crippen MR) is 81.3 cm³/mol. The number of anilines is 1. The summed E-state index contributed by atoms with van der Waals surface area (Å²) >= 11 is 3.53. The molecule has 4 nitrogen and oxygen atoms in total. The van der Waals surface area contributed by atoms with Gasteiger partial charge in [-0.15, -0.1) is 0 Å². The summed E-state index contributed by atoms with van der Waals surface area (Å²) in [5, 5.41) is 0. The summed E-state index contributed by atoms with van der Waals surface area (Å²) in [7, 11) is 0. The smallest absolute Gasteiger partial charge is 0.248 e. The van der Waals surface area contributed by atoms with E-state index in [-0.39, 0.29) is 0 Å². The molecule has 104 valence electrons. The highest BCUT2D eigenvalue weighted by atomic mass is 79.9. The van der Waals surface area contributed by atoms with Crippen LogP contribution in [0.5, 0.6) is 0 Å². The molecule has 2 rings (SSSR count). The van der Waals surface area contributed by atoms with E-state index in [1.54, 1.807) is 12.1 Å². The van der Waals surface area contributed by atoms with Crippen molar-refractivity contribution in [3.63, 3.8) is 0 Å². The molecule has 0 saturated carbocycles. The van der Waals surface area contributed by atoms with Crippen molar-refractivity contribution in [2.24, 2.45) is 17.4 Å². The highest BCUT2D eigenvalue weighted by molar-refractivity contribution is 9.10. The maximum Gasteiger partial charge on any atom is 0.248 e. The fourth-order valence-electron chi connectivity index (χ4n) is 2.61. The second-order valence-electron chi connectivity index (χ2n) is 5.04. The number of benzene rings is 1. The maximum atomic E-state index is 11.1. The second-order valence-corrected chi connectivity index (χ2v) is 5.89. The number of hydrogen-bond acceptors (Lipinski definition) is 3. The SMILES string of the molecule is NCCC1CCN(c2ccc(C(N)=O)cc2Br)CC1. The van der Waals surface area contributed by atoms with Gasteiger partial charge >= 0.3 is 0 Å². The lowest BCUT2D eigenvalue weighted by atomic mass is 9.93. The molecule has 0 aliphatic carbocycles. The molecule has 0 atom stereocenters. The first-order chi connectivity index (χ1) is 9.11. The molecule has 1 aromatic carbocycles. The van der Waals surface area contributed by atoms with Crippen LogP contribution in [0, 0.1) is 5.92 Å². The van der Waals surface area contributed by atoms with Gasteiger partial charge in [-0.1, -0.05) is 0 Å². The van der Waals surface area contributed by atoms with Crippen LogP contribution in [0.4, 0.5) is 5.69 Å². The molecule has 0 unspecified atom stereocenters. The van der Waals surface area contributed by atoms with Crippen LogP contribution in [0.2, 0.25) is 0 Å². The van der Waals surface area contributed by atoms with E-state index < -0.39 is 5.91 Å². The van der Waals surface area contributed by atoms with E-state index in [2.05, 4.69) is 20.8 Å². The van der Waals surface area contributed by atoms with Crippen molar-refractivity contribution in [2.45, 2.75) is 19.3 Å².